The molecule has 0 spiro atoms. The van der Waals surface area contributed by atoms with Crippen molar-refractivity contribution in [3.63, 3.8) is 0 Å². The van der Waals surface area contributed by atoms with Gasteiger partial charge in [0.25, 0.3) is 0 Å². The minimum absolute atomic E-state index is 0.00465. The second-order valence-corrected chi connectivity index (χ2v) is 3.03. The molecular formula is C10H18N2O5. The molecule has 2 N–H and O–H groups in total. The maximum atomic E-state index is 11.4. The standard InChI is InChI=1S/C10H18N2O5/c1-4-16-9(14)8(10(15)17-5-2)12-7(13)6-11-3/h8,11H,4-6H2,1-3H3,(H,12,13). The van der Waals surface area contributed by atoms with Crippen molar-refractivity contribution in [2.24, 2.45) is 0 Å². The third-order valence-corrected chi connectivity index (χ3v) is 1.69. The Kier molecular flexibility index (Phi) is 7.70. The van der Waals surface area contributed by atoms with Crippen molar-refractivity contribution in [1.29, 1.82) is 0 Å². The van der Waals surface area contributed by atoms with E-state index in [9.17, 15) is 14.4 Å². The summed E-state index contributed by atoms with van der Waals surface area (Å²) in [6.07, 6.45) is 0. The zero-order chi connectivity index (χ0) is 13.3. The van der Waals surface area contributed by atoms with Gasteiger partial charge in [-0.05, 0) is 20.9 Å². The molecule has 0 saturated heterocycles. The van der Waals surface area contributed by atoms with Gasteiger partial charge in [-0.1, -0.05) is 0 Å². The average Bonchev–Trinajstić information content (AvgIpc) is 2.26. The second-order valence-electron chi connectivity index (χ2n) is 3.03. The molecule has 1 amide bonds. The highest BCUT2D eigenvalue weighted by Crippen LogP contribution is 1.94. The van der Waals surface area contributed by atoms with Gasteiger partial charge in [-0.2, -0.15) is 0 Å². The number of esters is 2. The number of carbonyl (C=O) groups is 3. The van der Waals surface area contributed by atoms with Crippen LogP contribution in [0.2, 0.25) is 0 Å². The van der Waals surface area contributed by atoms with E-state index in [1.807, 2.05) is 0 Å². The molecule has 0 aliphatic carbocycles. The van der Waals surface area contributed by atoms with E-state index in [0.29, 0.717) is 0 Å². The summed E-state index contributed by atoms with van der Waals surface area (Å²) in [6.45, 7) is 3.45. The monoisotopic (exact) mass is 246 g/mol. The maximum Gasteiger partial charge on any atom is 0.340 e. The summed E-state index contributed by atoms with van der Waals surface area (Å²) in [6, 6.07) is -1.41. The van der Waals surface area contributed by atoms with E-state index in [2.05, 4.69) is 20.1 Å². The van der Waals surface area contributed by atoms with E-state index in [1.165, 1.54) is 0 Å². The quantitative estimate of drug-likeness (QED) is 0.433. The first-order chi connectivity index (χ1) is 8.06. The van der Waals surface area contributed by atoms with Crippen molar-refractivity contribution in [1.82, 2.24) is 10.6 Å². The molecule has 0 aliphatic rings. The first kappa shape index (κ1) is 15.4. The first-order valence-corrected chi connectivity index (χ1v) is 5.34. The predicted molar refractivity (Wildman–Crippen MR) is 59.1 cm³/mol. The number of rotatable bonds is 7. The number of nitrogens with one attached hydrogen (secondary N) is 2. The summed E-state index contributed by atoms with van der Waals surface area (Å²) in [7, 11) is 1.57. The summed E-state index contributed by atoms with van der Waals surface area (Å²) in [4.78, 5) is 34.2. The lowest BCUT2D eigenvalue weighted by molar-refractivity contribution is -0.159. The van der Waals surface area contributed by atoms with Gasteiger partial charge in [0, 0.05) is 0 Å². The zero-order valence-corrected chi connectivity index (χ0v) is 10.2. The molecule has 7 heteroatoms. The van der Waals surface area contributed by atoms with Crippen LogP contribution in [0.1, 0.15) is 13.8 Å². The van der Waals surface area contributed by atoms with E-state index in [-0.39, 0.29) is 19.8 Å². The van der Waals surface area contributed by atoms with Crippen LogP contribution >= 0.6 is 0 Å². The largest absolute Gasteiger partial charge is 0.464 e. The van der Waals surface area contributed by atoms with Gasteiger partial charge in [0.05, 0.1) is 19.8 Å². The van der Waals surface area contributed by atoms with Gasteiger partial charge in [0.2, 0.25) is 11.9 Å². The highest BCUT2D eigenvalue weighted by atomic mass is 16.6. The van der Waals surface area contributed by atoms with E-state index < -0.39 is 23.9 Å². The third kappa shape index (κ3) is 5.86. The Labute approximate surface area is 99.8 Å². The Morgan fingerprint density at radius 2 is 1.53 bits per heavy atom. The lowest BCUT2D eigenvalue weighted by Crippen LogP contribution is -2.50. The Bertz CT molecular complexity index is 262. The molecule has 7 nitrogen and oxygen atoms in total. The van der Waals surface area contributed by atoms with Crippen molar-refractivity contribution >= 4 is 17.8 Å². The minimum Gasteiger partial charge on any atom is -0.464 e. The van der Waals surface area contributed by atoms with Crippen molar-refractivity contribution < 1.29 is 23.9 Å². The molecule has 17 heavy (non-hydrogen) atoms. The Morgan fingerprint density at radius 3 is 1.88 bits per heavy atom. The molecule has 0 radical (unpaired) electrons. The molecule has 0 fully saturated rings. The maximum absolute atomic E-state index is 11.4. The molecule has 0 aromatic rings. The number of ether oxygens (including phenoxy) is 2. The fraction of sp³-hybridized carbons (Fsp3) is 0.700. The van der Waals surface area contributed by atoms with E-state index in [1.54, 1.807) is 20.9 Å². The molecular weight excluding hydrogens is 228 g/mol. The molecule has 0 rings (SSSR count). The molecule has 0 heterocycles. The van der Waals surface area contributed by atoms with E-state index in [0.717, 1.165) is 0 Å². The fourth-order valence-corrected chi connectivity index (χ4v) is 1.04. The summed E-state index contributed by atoms with van der Waals surface area (Å²) in [5.41, 5.74) is 0. The Hall–Kier alpha value is -1.63. The summed E-state index contributed by atoms with van der Waals surface area (Å²) < 4.78 is 9.35. The number of likely N-dealkylation sites (N-methyl/N-ethyl adjacent to an activating group) is 1. The second kappa shape index (κ2) is 8.51. The topological polar surface area (TPSA) is 93.7 Å². The number of hydrogen-bond donors (Lipinski definition) is 2. The first-order valence-electron chi connectivity index (χ1n) is 5.34. The molecule has 0 aliphatic heterocycles. The summed E-state index contributed by atoms with van der Waals surface area (Å²) in [5, 5.41) is 4.83. The third-order valence-electron chi connectivity index (χ3n) is 1.69. The molecule has 0 unspecified atom stereocenters. The smallest absolute Gasteiger partial charge is 0.340 e. The van der Waals surface area contributed by atoms with Crippen LogP contribution in [0.4, 0.5) is 0 Å². The van der Waals surface area contributed by atoms with Crippen molar-refractivity contribution in [3.05, 3.63) is 0 Å². The van der Waals surface area contributed by atoms with Crippen molar-refractivity contribution in [2.75, 3.05) is 26.8 Å². The molecule has 0 saturated carbocycles. The molecule has 0 aromatic heterocycles. The SMILES string of the molecule is CCOC(=O)C(NC(=O)CNC)C(=O)OCC. The summed E-state index contributed by atoms with van der Waals surface area (Å²) in [5.74, 6) is -2.13. The van der Waals surface area contributed by atoms with Gasteiger partial charge in [-0.25, -0.2) is 9.59 Å². The molecule has 0 bridgehead atoms. The van der Waals surface area contributed by atoms with Crippen LogP contribution in [0, 0.1) is 0 Å². The van der Waals surface area contributed by atoms with Gasteiger partial charge >= 0.3 is 11.9 Å². The lowest BCUT2D eigenvalue weighted by Gasteiger charge is -2.15. The van der Waals surface area contributed by atoms with Crippen molar-refractivity contribution in [2.45, 2.75) is 19.9 Å². The van der Waals surface area contributed by atoms with Crippen LogP contribution in [0.25, 0.3) is 0 Å². The van der Waals surface area contributed by atoms with Crippen LogP contribution in [0.5, 0.6) is 0 Å². The fourth-order valence-electron chi connectivity index (χ4n) is 1.04. The predicted octanol–water partition coefficient (Wildman–Crippen LogP) is -1.18. The summed E-state index contributed by atoms with van der Waals surface area (Å²) >= 11 is 0. The highest BCUT2D eigenvalue weighted by molar-refractivity contribution is 6.02. The molecule has 0 aromatic carbocycles. The normalized spacial score (nSPS) is 9.88. The van der Waals surface area contributed by atoms with Crippen LogP contribution in [0.3, 0.4) is 0 Å². The van der Waals surface area contributed by atoms with Gasteiger partial charge in [-0.3, -0.25) is 4.79 Å². The van der Waals surface area contributed by atoms with Crippen molar-refractivity contribution in [3.8, 4) is 0 Å². The highest BCUT2D eigenvalue weighted by Gasteiger charge is 2.30. The van der Waals surface area contributed by atoms with Crippen LogP contribution in [0.15, 0.2) is 0 Å². The lowest BCUT2D eigenvalue weighted by atomic mass is 10.3. The number of carbonyl (C=O) groups excluding carboxylic acids is 3. The number of amides is 1. The zero-order valence-electron chi connectivity index (χ0n) is 10.2. The van der Waals surface area contributed by atoms with Crippen LogP contribution in [-0.4, -0.2) is 50.7 Å². The van der Waals surface area contributed by atoms with Gasteiger partial charge in [-0.15, -0.1) is 0 Å². The Balaban J connectivity index is 4.55. The van der Waals surface area contributed by atoms with Gasteiger partial charge in [0.15, 0.2) is 0 Å². The Morgan fingerprint density at radius 1 is 1.06 bits per heavy atom. The minimum atomic E-state index is -1.41. The average molecular weight is 246 g/mol. The molecule has 98 valence electrons. The van der Waals surface area contributed by atoms with Crippen LogP contribution < -0.4 is 10.6 Å². The van der Waals surface area contributed by atoms with Gasteiger partial charge < -0.3 is 20.1 Å². The van der Waals surface area contributed by atoms with Crippen LogP contribution in [-0.2, 0) is 23.9 Å². The van der Waals surface area contributed by atoms with Gasteiger partial charge in [0.1, 0.15) is 0 Å². The van der Waals surface area contributed by atoms with E-state index in [4.69, 9.17) is 0 Å². The number of hydrogen-bond acceptors (Lipinski definition) is 6. The molecule has 0 atom stereocenters. The van der Waals surface area contributed by atoms with E-state index >= 15 is 0 Å².